The van der Waals surface area contributed by atoms with E-state index >= 15 is 0 Å². The zero-order chi connectivity index (χ0) is 22.7. The highest BCUT2D eigenvalue weighted by atomic mass is 79.9. The number of methoxy groups -OCH3 is 1. The number of carbonyl (C=O) groups excluding carboxylic acids is 1. The van der Waals surface area contributed by atoms with Gasteiger partial charge in [-0.1, -0.05) is 31.2 Å². The quantitative estimate of drug-likeness (QED) is 0.422. The molecule has 1 saturated heterocycles. The molecular weight excluding hydrogens is 486 g/mol. The van der Waals surface area contributed by atoms with Crippen LogP contribution in [-0.2, 0) is 0 Å². The lowest BCUT2D eigenvalue weighted by atomic mass is 9.99. The molecule has 0 radical (unpaired) electrons. The third-order valence-corrected chi connectivity index (χ3v) is 6.88. The minimum atomic E-state index is -0.329. The van der Waals surface area contributed by atoms with Gasteiger partial charge >= 0.3 is 0 Å². The average molecular weight is 512 g/mol. The maximum Gasteiger partial charge on any atom is 0.261 e. The zero-order valence-electron chi connectivity index (χ0n) is 18.2. The summed E-state index contributed by atoms with van der Waals surface area (Å²) in [4.78, 5) is 15.4. The summed E-state index contributed by atoms with van der Waals surface area (Å²) in [6, 6.07) is 17.8. The van der Waals surface area contributed by atoms with E-state index in [0.29, 0.717) is 11.3 Å². The molecule has 1 heterocycles. The van der Waals surface area contributed by atoms with Crippen LogP contribution in [0.4, 0.5) is 11.4 Å². The van der Waals surface area contributed by atoms with Crippen molar-refractivity contribution in [1.29, 1.82) is 0 Å². The van der Waals surface area contributed by atoms with Gasteiger partial charge in [0.25, 0.3) is 5.91 Å². The van der Waals surface area contributed by atoms with Crippen LogP contribution in [-0.4, -0.2) is 31.2 Å². The summed E-state index contributed by atoms with van der Waals surface area (Å²) in [6.45, 7) is 4.49. The monoisotopic (exact) mass is 511 g/mol. The first-order chi connectivity index (χ1) is 15.5. The number of hydrogen-bond acceptors (Lipinski definition) is 4. The molecule has 0 unspecified atom stereocenters. The number of benzene rings is 3. The van der Waals surface area contributed by atoms with E-state index < -0.39 is 0 Å². The van der Waals surface area contributed by atoms with Crippen LogP contribution in [0.1, 0.15) is 30.1 Å². The van der Waals surface area contributed by atoms with E-state index in [0.717, 1.165) is 39.9 Å². The maximum absolute atomic E-state index is 13.0. The Morgan fingerprint density at radius 3 is 2.50 bits per heavy atom. The van der Waals surface area contributed by atoms with Gasteiger partial charge in [-0.15, -0.1) is 0 Å². The Bertz CT molecular complexity index is 1140. The predicted octanol–water partition coefficient (Wildman–Crippen LogP) is 5.97. The molecule has 0 spiro atoms. The second-order valence-electron chi connectivity index (χ2n) is 8.12. The Hall–Kier alpha value is -2.64. The molecule has 0 aliphatic carbocycles. The van der Waals surface area contributed by atoms with Crippen molar-refractivity contribution in [1.82, 2.24) is 5.32 Å². The van der Waals surface area contributed by atoms with Gasteiger partial charge in [-0.25, -0.2) is 0 Å². The maximum atomic E-state index is 13.0. The number of anilines is 2. The molecule has 1 aliphatic rings. The molecule has 7 heteroatoms. The second kappa shape index (κ2) is 9.88. The van der Waals surface area contributed by atoms with Crippen LogP contribution >= 0.6 is 28.1 Å². The molecule has 166 valence electrons. The Kier molecular flexibility index (Phi) is 6.96. The number of ether oxygens (including phenoxy) is 1. The number of rotatable bonds is 4. The molecule has 3 aromatic carbocycles. The van der Waals surface area contributed by atoms with E-state index in [9.17, 15) is 4.79 Å². The molecule has 1 amide bonds. The second-order valence-corrected chi connectivity index (χ2v) is 9.32. The normalized spacial score (nSPS) is 14.3. The van der Waals surface area contributed by atoms with Crippen LogP contribution in [0.15, 0.2) is 59.1 Å². The van der Waals surface area contributed by atoms with Crippen LogP contribution in [0.3, 0.4) is 0 Å². The molecule has 1 fully saturated rings. The summed E-state index contributed by atoms with van der Waals surface area (Å²) < 4.78 is 6.25. The number of fused-ring (bicyclic) bond motifs is 1. The molecule has 2 N–H and O–H groups in total. The number of piperidine rings is 1. The topological polar surface area (TPSA) is 53.6 Å². The lowest BCUT2D eigenvalue weighted by Crippen LogP contribution is -2.34. The van der Waals surface area contributed by atoms with Crippen LogP contribution in [0.2, 0.25) is 0 Å². The highest BCUT2D eigenvalue weighted by Gasteiger charge is 2.19. The van der Waals surface area contributed by atoms with Crippen LogP contribution < -0.4 is 20.3 Å². The van der Waals surface area contributed by atoms with Gasteiger partial charge in [0.05, 0.1) is 17.1 Å². The van der Waals surface area contributed by atoms with Gasteiger partial charge < -0.3 is 15.0 Å². The van der Waals surface area contributed by atoms with Gasteiger partial charge in [0.2, 0.25) is 0 Å². The lowest BCUT2D eigenvalue weighted by molar-refractivity contribution is 0.0975. The minimum absolute atomic E-state index is 0.237. The van der Waals surface area contributed by atoms with E-state index in [1.54, 1.807) is 7.11 Å². The first kappa shape index (κ1) is 22.6. The highest BCUT2D eigenvalue weighted by molar-refractivity contribution is 9.10. The molecule has 0 saturated carbocycles. The number of nitrogens with one attached hydrogen (secondary N) is 2. The van der Waals surface area contributed by atoms with Crippen molar-refractivity contribution in [2.24, 2.45) is 5.92 Å². The molecule has 0 bridgehead atoms. The summed E-state index contributed by atoms with van der Waals surface area (Å²) in [5.74, 6) is 0.948. The van der Waals surface area contributed by atoms with Crippen molar-refractivity contribution in [2.45, 2.75) is 19.8 Å². The number of halogens is 1. The summed E-state index contributed by atoms with van der Waals surface area (Å²) >= 11 is 8.95. The molecule has 5 nitrogen and oxygen atoms in total. The van der Waals surface area contributed by atoms with Gasteiger partial charge in [-0.2, -0.15) is 0 Å². The number of hydrogen-bond donors (Lipinski definition) is 2. The first-order valence-corrected chi connectivity index (χ1v) is 11.9. The lowest BCUT2D eigenvalue weighted by Gasteiger charge is -2.32. The van der Waals surface area contributed by atoms with Crippen molar-refractivity contribution in [3.8, 4) is 5.75 Å². The predicted molar refractivity (Wildman–Crippen MR) is 139 cm³/mol. The van der Waals surface area contributed by atoms with E-state index in [-0.39, 0.29) is 11.0 Å². The van der Waals surface area contributed by atoms with E-state index in [2.05, 4.69) is 50.5 Å². The van der Waals surface area contributed by atoms with Crippen molar-refractivity contribution in [2.75, 3.05) is 30.4 Å². The number of nitrogens with zero attached hydrogens (tertiary/aromatic N) is 1. The molecule has 4 rings (SSSR count). The fraction of sp³-hybridized carbons (Fsp3) is 0.280. The standard InChI is InChI=1S/C25H26BrN3O2S/c1-16-11-13-29(14-12-16)19-9-7-18(8-10-19)27-25(32)28-24(30)21-15-17-5-3-4-6-20(17)22(26)23(21)31-2/h3-10,15-16H,11-14H2,1-2H3,(H2,27,28,30,32). The van der Waals surface area contributed by atoms with Gasteiger partial charge in [0, 0.05) is 24.5 Å². The smallest absolute Gasteiger partial charge is 0.261 e. The Labute approximate surface area is 202 Å². The molecule has 3 aromatic rings. The van der Waals surface area contributed by atoms with Crippen LogP contribution in [0.5, 0.6) is 5.75 Å². The van der Waals surface area contributed by atoms with Gasteiger partial charge in [0.1, 0.15) is 5.75 Å². The number of amides is 1. The molecule has 0 atom stereocenters. The first-order valence-electron chi connectivity index (χ1n) is 10.7. The third kappa shape index (κ3) is 4.89. The highest BCUT2D eigenvalue weighted by Crippen LogP contribution is 2.36. The summed E-state index contributed by atoms with van der Waals surface area (Å²) in [7, 11) is 1.55. The Balaban J connectivity index is 1.44. The SMILES string of the molecule is COc1c(C(=O)NC(=S)Nc2ccc(N3CCC(C)CC3)cc2)cc2ccccc2c1Br. The molecule has 0 aromatic heterocycles. The summed E-state index contributed by atoms with van der Waals surface area (Å²) in [5, 5.41) is 8.01. The van der Waals surface area contributed by atoms with E-state index in [1.165, 1.54) is 18.5 Å². The molecular formula is C25H26BrN3O2S. The van der Waals surface area contributed by atoms with Crippen LogP contribution in [0, 0.1) is 5.92 Å². The third-order valence-electron chi connectivity index (χ3n) is 5.89. The number of carbonyl (C=O) groups is 1. The van der Waals surface area contributed by atoms with E-state index in [1.807, 2.05) is 42.5 Å². The van der Waals surface area contributed by atoms with Crippen molar-refractivity contribution < 1.29 is 9.53 Å². The Morgan fingerprint density at radius 2 is 1.81 bits per heavy atom. The average Bonchev–Trinajstić information content (AvgIpc) is 2.80. The van der Waals surface area contributed by atoms with E-state index in [4.69, 9.17) is 17.0 Å². The van der Waals surface area contributed by atoms with Gasteiger partial charge in [-0.05, 0) is 88.0 Å². The van der Waals surface area contributed by atoms with Gasteiger partial charge in [-0.3, -0.25) is 10.1 Å². The molecule has 1 aliphatic heterocycles. The largest absolute Gasteiger partial charge is 0.495 e. The summed E-state index contributed by atoms with van der Waals surface area (Å²) in [6.07, 6.45) is 2.45. The summed E-state index contributed by atoms with van der Waals surface area (Å²) in [5.41, 5.74) is 2.45. The van der Waals surface area contributed by atoms with Crippen molar-refractivity contribution in [3.63, 3.8) is 0 Å². The zero-order valence-corrected chi connectivity index (χ0v) is 20.6. The fourth-order valence-electron chi connectivity index (χ4n) is 4.01. The fourth-order valence-corrected chi connectivity index (χ4v) is 4.95. The minimum Gasteiger partial charge on any atom is -0.495 e. The molecule has 32 heavy (non-hydrogen) atoms. The Morgan fingerprint density at radius 1 is 1.12 bits per heavy atom. The van der Waals surface area contributed by atoms with Crippen molar-refractivity contribution in [3.05, 3.63) is 64.6 Å². The van der Waals surface area contributed by atoms with Crippen LogP contribution in [0.25, 0.3) is 10.8 Å². The number of thiocarbonyl (C=S) groups is 1. The van der Waals surface area contributed by atoms with Gasteiger partial charge in [0.15, 0.2) is 5.11 Å². The van der Waals surface area contributed by atoms with Crippen molar-refractivity contribution >= 4 is 61.3 Å².